The van der Waals surface area contributed by atoms with Gasteiger partial charge in [-0.25, -0.2) is 4.90 Å². The van der Waals surface area contributed by atoms with Crippen molar-refractivity contribution in [3.05, 3.63) is 100 Å². The van der Waals surface area contributed by atoms with E-state index in [9.17, 15) is 9.59 Å². The van der Waals surface area contributed by atoms with Gasteiger partial charge in [0.2, 0.25) is 11.8 Å². The van der Waals surface area contributed by atoms with Crippen molar-refractivity contribution < 1.29 is 9.59 Å². The highest BCUT2D eigenvalue weighted by Gasteiger charge is 2.66. The van der Waals surface area contributed by atoms with Crippen molar-refractivity contribution in [3.63, 3.8) is 0 Å². The van der Waals surface area contributed by atoms with Crippen LogP contribution in [0.25, 0.3) is 0 Å². The van der Waals surface area contributed by atoms with E-state index < -0.39 is 17.3 Å². The number of imide groups is 1. The Labute approximate surface area is 173 Å². The lowest BCUT2D eigenvalue weighted by Crippen LogP contribution is -2.51. The first-order chi connectivity index (χ1) is 14.0. The second-order valence-corrected chi connectivity index (χ2v) is 8.73. The van der Waals surface area contributed by atoms with E-state index in [1.807, 2.05) is 30.3 Å². The molecule has 0 aromatic heterocycles. The highest BCUT2D eigenvalue weighted by molar-refractivity contribution is 6.36. The van der Waals surface area contributed by atoms with Crippen molar-refractivity contribution in [1.82, 2.24) is 0 Å². The Morgan fingerprint density at radius 2 is 1.34 bits per heavy atom. The van der Waals surface area contributed by atoms with Crippen molar-refractivity contribution in [2.24, 2.45) is 11.8 Å². The quantitative estimate of drug-likeness (QED) is 0.545. The number of amides is 2. The minimum atomic E-state index is -0.546. The van der Waals surface area contributed by atoms with Crippen molar-refractivity contribution in [1.29, 1.82) is 0 Å². The molecule has 0 radical (unpaired) electrons. The van der Waals surface area contributed by atoms with Crippen LogP contribution in [0.15, 0.2) is 72.8 Å². The van der Waals surface area contributed by atoms with Crippen LogP contribution >= 0.6 is 11.6 Å². The number of nitrogens with zero attached hydrogens (tertiary/aromatic N) is 1. The number of hydrogen-bond acceptors (Lipinski definition) is 2. The third-order valence-electron chi connectivity index (χ3n) is 7.14. The molecule has 29 heavy (non-hydrogen) atoms. The minimum Gasteiger partial charge on any atom is -0.274 e. The normalized spacial score (nSPS) is 28.9. The third kappa shape index (κ3) is 1.89. The highest BCUT2D eigenvalue weighted by atomic mass is 35.5. The molecule has 0 spiro atoms. The lowest BCUT2D eigenvalue weighted by Gasteiger charge is -2.52. The molecular weight excluding hydrogens is 382 g/mol. The molecule has 2 amide bonds. The van der Waals surface area contributed by atoms with Crippen LogP contribution in [0.3, 0.4) is 0 Å². The third-order valence-corrected chi connectivity index (χ3v) is 7.46. The maximum Gasteiger partial charge on any atom is 0.239 e. The monoisotopic (exact) mass is 399 g/mol. The molecule has 7 rings (SSSR count). The van der Waals surface area contributed by atoms with Crippen LogP contribution in [0.2, 0.25) is 5.02 Å². The van der Waals surface area contributed by atoms with Gasteiger partial charge in [0.25, 0.3) is 0 Å². The summed E-state index contributed by atoms with van der Waals surface area (Å²) in [4.78, 5) is 28.8. The van der Waals surface area contributed by atoms with E-state index in [-0.39, 0.29) is 17.7 Å². The van der Waals surface area contributed by atoms with Gasteiger partial charge < -0.3 is 0 Å². The fourth-order valence-corrected chi connectivity index (χ4v) is 6.24. The maximum absolute atomic E-state index is 13.8. The standard InChI is InChI=1S/C25H18ClNO2/c1-25-16-10-4-2-8-14(16)20(15-9-3-5-11-17(15)25)21-22(25)24(29)27(23(21)28)19-13-7-6-12-18(19)26/h2-13,20-22H,1H3/t20?,21-,22-,25?/m0/s1. The minimum absolute atomic E-state index is 0.113. The summed E-state index contributed by atoms with van der Waals surface area (Å²) in [5.41, 5.74) is 4.58. The average molecular weight is 400 g/mol. The first kappa shape index (κ1) is 17.0. The fraction of sp³-hybridized carbons (Fsp3) is 0.200. The number of anilines is 1. The van der Waals surface area contributed by atoms with E-state index in [0.717, 1.165) is 22.3 Å². The molecule has 0 saturated carbocycles. The van der Waals surface area contributed by atoms with Crippen LogP contribution in [-0.4, -0.2) is 11.8 Å². The van der Waals surface area contributed by atoms with E-state index in [0.29, 0.717) is 10.7 Å². The predicted octanol–water partition coefficient (Wildman–Crippen LogP) is 4.91. The second-order valence-electron chi connectivity index (χ2n) is 8.32. The molecule has 0 N–H and O–H groups in total. The number of rotatable bonds is 1. The summed E-state index contributed by atoms with van der Waals surface area (Å²) in [5, 5.41) is 0.417. The zero-order valence-corrected chi connectivity index (χ0v) is 16.6. The van der Waals surface area contributed by atoms with E-state index >= 15 is 0 Å². The number of para-hydroxylation sites is 1. The lowest BCUT2D eigenvalue weighted by atomic mass is 9.48. The van der Waals surface area contributed by atoms with Crippen molar-refractivity contribution in [3.8, 4) is 0 Å². The van der Waals surface area contributed by atoms with Crippen molar-refractivity contribution >= 4 is 29.1 Å². The molecule has 2 atom stereocenters. The summed E-state index contributed by atoms with van der Waals surface area (Å²) < 4.78 is 0. The average Bonchev–Trinajstić information content (AvgIpc) is 3.01. The van der Waals surface area contributed by atoms with Gasteiger partial charge in [-0.1, -0.05) is 79.2 Å². The van der Waals surface area contributed by atoms with E-state index in [4.69, 9.17) is 11.6 Å². The Kier molecular flexibility index (Phi) is 3.27. The van der Waals surface area contributed by atoms with Gasteiger partial charge in [-0.15, -0.1) is 0 Å². The Bertz CT molecular complexity index is 1170. The molecule has 4 aliphatic rings. The van der Waals surface area contributed by atoms with Crippen LogP contribution in [0.4, 0.5) is 5.69 Å². The van der Waals surface area contributed by atoms with Gasteiger partial charge in [-0.05, 0) is 34.4 Å². The molecule has 3 aromatic rings. The Hall–Kier alpha value is -2.91. The summed E-state index contributed by atoms with van der Waals surface area (Å²) in [6.45, 7) is 2.12. The topological polar surface area (TPSA) is 37.4 Å². The van der Waals surface area contributed by atoms with Crippen molar-refractivity contribution in [2.45, 2.75) is 18.3 Å². The molecular formula is C25H18ClNO2. The molecule has 1 heterocycles. The maximum atomic E-state index is 13.8. The molecule has 142 valence electrons. The predicted molar refractivity (Wildman–Crippen MR) is 112 cm³/mol. The van der Waals surface area contributed by atoms with Gasteiger partial charge in [0.1, 0.15) is 0 Å². The van der Waals surface area contributed by atoms with Crippen LogP contribution < -0.4 is 4.90 Å². The number of halogens is 1. The number of benzene rings is 3. The largest absolute Gasteiger partial charge is 0.274 e. The van der Waals surface area contributed by atoms with Crippen LogP contribution in [0.5, 0.6) is 0 Å². The first-order valence-electron chi connectivity index (χ1n) is 9.86. The first-order valence-corrected chi connectivity index (χ1v) is 10.2. The SMILES string of the molecule is CC12c3ccccc3C(c3ccccc31)[C@@H]1C(=O)N(c3ccccc3Cl)C(=O)[C@H]12. The summed E-state index contributed by atoms with van der Waals surface area (Å²) in [6.07, 6.45) is 0. The number of carbonyl (C=O) groups excluding carboxylic acids is 2. The smallest absolute Gasteiger partial charge is 0.239 e. The van der Waals surface area contributed by atoms with Gasteiger partial charge in [0.15, 0.2) is 0 Å². The van der Waals surface area contributed by atoms with Gasteiger partial charge in [0.05, 0.1) is 22.5 Å². The van der Waals surface area contributed by atoms with Gasteiger partial charge in [-0.2, -0.15) is 0 Å². The molecule has 1 fully saturated rings. The summed E-state index contributed by atoms with van der Waals surface area (Å²) in [6, 6.07) is 23.6. The molecule has 3 aliphatic carbocycles. The molecule has 2 bridgehead atoms. The Morgan fingerprint density at radius 1 is 0.793 bits per heavy atom. The highest BCUT2D eigenvalue weighted by Crippen LogP contribution is 2.64. The number of hydrogen-bond donors (Lipinski definition) is 0. The van der Waals surface area contributed by atoms with Crippen LogP contribution in [0.1, 0.15) is 35.1 Å². The lowest BCUT2D eigenvalue weighted by molar-refractivity contribution is -0.123. The Balaban J connectivity index is 1.64. The fourth-order valence-electron chi connectivity index (χ4n) is 6.02. The second kappa shape index (κ2) is 5.58. The molecule has 4 heteroatoms. The molecule has 3 nitrogen and oxygen atoms in total. The van der Waals surface area contributed by atoms with Gasteiger partial charge in [0, 0.05) is 11.3 Å². The Morgan fingerprint density at radius 3 is 1.97 bits per heavy atom. The van der Waals surface area contributed by atoms with E-state index in [2.05, 4.69) is 31.2 Å². The molecule has 0 unspecified atom stereocenters. The number of carbonyl (C=O) groups is 2. The van der Waals surface area contributed by atoms with E-state index in [1.165, 1.54) is 4.90 Å². The zero-order valence-electron chi connectivity index (χ0n) is 15.8. The van der Waals surface area contributed by atoms with Crippen LogP contribution in [0, 0.1) is 11.8 Å². The molecule has 1 saturated heterocycles. The summed E-state index contributed by atoms with van der Waals surface area (Å²) >= 11 is 6.39. The van der Waals surface area contributed by atoms with Gasteiger partial charge >= 0.3 is 0 Å². The summed E-state index contributed by atoms with van der Waals surface area (Å²) in [5.74, 6) is -1.24. The van der Waals surface area contributed by atoms with Gasteiger partial charge in [-0.3, -0.25) is 9.59 Å². The van der Waals surface area contributed by atoms with Crippen LogP contribution in [-0.2, 0) is 15.0 Å². The summed E-state index contributed by atoms with van der Waals surface area (Å²) in [7, 11) is 0. The van der Waals surface area contributed by atoms with E-state index in [1.54, 1.807) is 18.2 Å². The zero-order chi connectivity index (χ0) is 19.9. The van der Waals surface area contributed by atoms with Crippen molar-refractivity contribution in [2.75, 3.05) is 4.90 Å². The molecule has 1 aliphatic heterocycles. The molecule has 3 aromatic carbocycles.